The molecular formula is C15H23N3O. The van der Waals surface area contributed by atoms with Gasteiger partial charge in [-0.3, -0.25) is 4.79 Å². The molecule has 4 heteroatoms. The molecule has 0 bridgehead atoms. The van der Waals surface area contributed by atoms with Gasteiger partial charge in [-0.15, -0.1) is 0 Å². The highest BCUT2D eigenvalue weighted by molar-refractivity contribution is 5.76. The molecule has 0 aromatic carbocycles. The average molecular weight is 261 g/mol. The fourth-order valence-corrected chi connectivity index (χ4v) is 2.40. The smallest absolute Gasteiger partial charge is 0.222 e. The van der Waals surface area contributed by atoms with Gasteiger partial charge in [-0.1, -0.05) is 12.5 Å². The molecule has 19 heavy (non-hydrogen) atoms. The second-order valence-corrected chi connectivity index (χ2v) is 5.14. The van der Waals surface area contributed by atoms with Gasteiger partial charge in [-0.05, 0) is 38.3 Å². The highest BCUT2D eigenvalue weighted by Crippen LogP contribution is 2.11. The standard InChI is InChI=1S/C15H23N3O/c1-13-7-5-8-14(17-13)16-10-6-12-18-11-4-2-3-9-15(18)19/h5,7-8H,2-4,6,9-12H2,1H3,(H,16,17). The first-order valence-corrected chi connectivity index (χ1v) is 7.21. The van der Waals surface area contributed by atoms with Crippen molar-refractivity contribution >= 4 is 11.7 Å². The van der Waals surface area contributed by atoms with E-state index < -0.39 is 0 Å². The lowest BCUT2D eigenvalue weighted by Gasteiger charge is -2.20. The van der Waals surface area contributed by atoms with Gasteiger partial charge in [0.15, 0.2) is 0 Å². The zero-order chi connectivity index (χ0) is 13.5. The number of likely N-dealkylation sites (tertiary alicyclic amines) is 1. The molecule has 1 aromatic rings. The van der Waals surface area contributed by atoms with Gasteiger partial charge in [0.2, 0.25) is 5.91 Å². The topological polar surface area (TPSA) is 45.2 Å². The van der Waals surface area contributed by atoms with Gasteiger partial charge < -0.3 is 10.2 Å². The van der Waals surface area contributed by atoms with Gasteiger partial charge in [-0.2, -0.15) is 0 Å². The molecule has 1 aromatic heterocycles. The predicted molar refractivity (Wildman–Crippen MR) is 77.1 cm³/mol. The maximum Gasteiger partial charge on any atom is 0.222 e. The molecule has 2 rings (SSSR count). The Bertz CT molecular complexity index is 420. The van der Waals surface area contributed by atoms with Gasteiger partial charge in [0, 0.05) is 31.7 Å². The molecule has 0 unspecified atom stereocenters. The van der Waals surface area contributed by atoms with Crippen LogP contribution in [0.25, 0.3) is 0 Å². The van der Waals surface area contributed by atoms with E-state index in [1.54, 1.807) is 0 Å². The quantitative estimate of drug-likeness (QED) is 0.829. The van der Waals surface area contributed by atoms with E-state index in [9.17, 15) is 4.79 Å². The molecule has 1 aliphatic heterocycles. The van der Waals surface area contributed by atoms with Crippen LogP contribution in [0, 0.1) is 6.92 Å². The van der Waals surface area contributed by atoms with Crippen molar-refractivity contribution in [1.29, 1.82) is 0 Å². The van der Waals surface area contributed by atoms with E-state index in [1.165, 1.54) is 6.42 Å². The van der Waals surface area contributed by atoms with Gasteiger partial charge in [0.1, 0.15) is 5.82 Å². The van der Waals surface area contributed by atoms with Crippen LogP contribution in [0.3, 0.4) is 0 Å². The van der Waals surface area contributed by atoms with Crippen LogP contribution in [-0.4, -0.2) is 35.4 Å². The van der Waals surface area contributed by atoms with Crippen LogP contribution in [0.2, 0.25) is 0 Å². The summed E-state index contributed by atoms with van der Waals surface area (Å²) in [5.74, 6) is 1.24. The first-order valence-electron chi connectivity index (χ1n) is 7.21. The van der Waals surface area contributed by atoms with Crippen LogP contribution in [-0.2, 0) is 4.79 Å². The van der Waals surface area contributed by atoms with Crippen LogP contribution in [0.15, 0.2) is 18.2 Å². The third-order valence-electron chi connectivity index (χ3n) is 3.47. The number of aryl methyl sites for hydroxylation is 1. The van der Waals surface area contributed by atoms with Crippen LogP contribution < -0.4 is 5.32 Å². The summed E-state index contributed by atoms with van der Waals surface area (Å²) in [7, 11) is 0. The number of hydrogen-bond donors (Lipinski definition) is 1. The molecule has 2 heterocycles. The molecule has 0 aliphatic carbocycles. The lowest BCUT2D eigenvalue weighted by molar-refractivity contribution is -0.130. The summed E-state index contributed by atoms with van der Waals surface area (Å²) < 4.78 is 0. The number of nitrogens with one attached hydrogen (secondary N) is 1. The zero-order valence-corrected chi connectivity index (χ0v) is 11.7. The lowest BCUT2D eigenvalue weighted by Crippen LogP contribution is -2.32. The normalized spacial score (nSPS) is 16.3. The molecular weight excluding hydrogens is 238 g/mol. The molecule has 4 nitrogen and oxygen atoms in total. The summed E-state index contributed by atoms with van der Waals surface area (Å²) in [6.07, 6.45) is 5.10. The molecule has 1 amide bonds. The van der Waals surface area contributed by atoms with Crippen molar-refractivity contribution in [1.82, 2.24) is 9.88 Å². The van der Waals surface area contributed by atoms with E-state index in [1.807, 2.05) is 30.0 Å². The van der Waals surface area contributed by atoms with Crippen molar-refractivity contribution in [3.8, 4) is 0 Å². The second-order valence-electron chi connectivity index (χ2n) is 5.14. The van der Waals surface area contributed by atoms with Gasteiger partial charge >= 0.3 is 0 Å². The number of aromatic nitrogens is 1. The lowest BCUT2D eigenvalue weighted by atomic mass is 10.2. The highest BCUT2D eigenvalue weighted by atomic mass is 16.2. The van der Waals surface area contributed by atoms with Gasteiger partial charge in [0.05, 0.1) is 0 Å². The van der Waals surface area contributed by atoms with Crippen molar-refractivity contribution in [3.05, 3.63) is 23.9 Å². The summed E-state index contributed by atoms with van der Waals surface area (Å²) >= 11 is 0. The summed E-state index contributed by atoms with van der Waals surface area (Å²) in [4.78, 5) is 18.2. The van der Waals surface area contributed by atoms with Crippen LogP contribution in [0.1, 0.15) is 37.8 Å². The Morgan fingerprint density at radius 1 is 1.32 bits per heavy atom. The van der Waals surface area contributed by atoms with E-state index >= 15 is 0 Å². The minimum atomic E-state index is 0.325. The van der Waals surface area contributed by atoms with Gasteiger partial charge in [-0.25, -0.2) is 4.98 Å². The van der Waals surface area contributed by atoms with E-state index in [0.717, 1.165) is 56.8 Å². The highest BCUT2D eigenvalue weighted by Gasteiger charge is 2.15. The molecule has 0 atom stereocenters. The summed E-state index contributed by atoms with van der Waals surface area (Å²) in [6, 6.07) is 5.97. The minimum absolute atomic E-state index is 0.325. The monoisotopic (exact) mass is 261 g/mol. The third kappa shape index (κ3) is 4.54. The summed E-state index contributed by atoms with van der Waals surface area (Å²) in [5.41, 5.74) is 1.02. The number of hydrogen-bond acceptors (Lipinski definition) is 3. The van der Waals surface area contributed by atoms with E-state index in [0.29, 0.717) is 5.91 Å². The van der Waals surface area contributed by atoms with Crippen LogP contribution in [0.5, 0.6) is 0 Å². The van der Waals surface area contributed by atoms with Crippen molar-refractivity contribution in [3.63, 3.8) is 0 Å². The largest absolute Gasteiger partial charge is 0.370 e. The fourth-order valence-electron chi connectivity index (χ4n) is 2.40. The number of carbonyl (C=O) groups excluding carboxylic acids is 1. The number of anilines is 1. The summed E-state index contributed by atoms with van der Waals surface area (Å²) in [5, 5.41) is 3.31. The first kappa shape index (κ1) is 13.8. The third-order valence-corrected chi connectivity index (χ3v) is 3.47. The maximum atomic E-state index is 11.8. The van der Waals surface area contributed by atoms with Crippen molar-refractivity contribution in [2.24, 2.45) is 0 Å². The molecule has 1 N–H and O–H groups in total. The molecule has 1 aliphatic rings. The first-order chi connectivity index (χ1) is 9.25. The van der Waals surface area contributed by atoms with Crippen molar-refractivity contribution < 1.29 is 4.79 Å². The van der Waals surface area contributed by atoms with Crippen LogP contribution in [0.4, 0.5) is 5.82 Å². The zero-order valence-electron chi connectivity index (χ0n) is 11.7. The number of nitrogens with zero attached hydrogens (tertiary/aromatic N) is 2. The second kappa shape index (κ2) is 7.12. The number of carbonyl (C=O) groups is 1. The average Bonchev–Trinajstić information content (AvgIpc) is 2.60. The minimum Gasteiger partial charge on any atom is -0.370 e. The molecule has 0 radical (unpaired) electrons. The fraction of sp³-hybridized carbons (Fsp3) is 0.600. The van der Waals surface area contributed by atoms with E-state index in [4.69, 9.17) is 0 Å². The van der Waals surface area contributed by atoms with Crippen LogP contribution >= 0.6 is 0 Å². The van der Waals surface area contributed by atoms with Crippen molar-refractivity contribution in [2.45, 2.75) is 39.0 Å². The molecule has 0 saturated carbocycles. The number of pyridine rings is 1. The predicted octanol–water partition coefficient (Wildman–Crippen LogP) is 2.59. The molecule has 0 spiro atoms. The van der Waals surface area contributed by atoms with Crippen molar-refractivity contribution in [2.75, 3.05) is 25.0 Å². The maximum absolute atomic E-state index is 11.8. The van der Waals surface area contributed by atoms with E-state index in [2.05, 4.69) is 10.3 Å². The Labute approximate surface area is 115 Å². The Hall–Kier alpha value is -1.58. The Balaban J connectivity index is 1.70. The van der Waals surface area contributed by atoms with E-state index in [-0.39, 0.29) is 0 Å². The molecule has 1 fully saturated rings. The summed E-state index contributed by atoms with van der Waals surface area (Å²) in [6.45, 7) is 4.64. The molecule has 1 saturated heterocycles. The Morgan fingerprint density at radius 3 is 3.05 bits per heavy atom. The Kier molecular flexibility index (Phi) is 5.19. The number of rotatable bonds is 5. The Morgan fingerprint density at radius 2 is 2.21 bits per heavy atom. The molecule has 104 valence electrons. The number of amides is 1. The van der Waals surface area contributed by atoms with Gasteiger partial charge in [0.25, 0.3) is 0 Å². The SMILES string of the molecule is Cc1cccc(NCCCN2CCCCCC2=O)n1.